The van der Waals surface area contributed by atoms with Gasteiger partial charge in [-0.15, -0.1) is 0 Å². The van der Waals surface area contributed by atoms with Crippen LogP contribution in [0.3, 0.4) is 0 Å². The number of anilines is 1. The lowest BCUT2D eigenvalue weighted by Gasteiger charge is -2.17. The first kappa shape index (κ1) is 20.8. The molecule has 1 saturated heterocycles. The second kappa shape index (κ2) is 8.70. The molecule has 0 saturated carbocycles. The summed E-state index contributed by atoms with van der Waals surface area (Å²) in [6.45, 7) is 1.92. The summed E-state index contributed by atoms with van der Waals surface area (Å²) in [6.07, 6.45) is -3.12. The molecule has 3 heterocycles. The van der Waals surface area contributed by atoms with Gasteiger partial charge in [0.1, 0.15) is 30.2 Å². The number of nitrogens with one attached hydrogen (secondary N) is 1. The molecule has 2 aromatic heterocycles. The monoisotopic (exact) mass is 435 g/mol. The van der Waals surface area contributed by atoms with Gasteiger partial charge in [-0.3, -0.25) is 4.57 Å². The van der Waals surface area contributed by atoms with E-state index in [4.69, 9.17) is 21.1 Å². The fourth-order valence-corrected chi connectivity index (χ4v) is 3.49. The molecule has 1 aliphatic rings. The summed E-state index contributed by atoms with van der Waals surface area (Å²) >= 11 is 6.10. The Morgan fingerprint density at radius 1 is 1.23 bits per heavy atom. The average molecular weight is 436 g/mol. The molecule has 4 N–H and O–H groups in total. The van der Waals surface area contributed by atoms with Crippen LogP contribution < -0.4 is 10.1 Å². The first-order valence-corrected chi connectivity index (χ1v) is 9.84. The van der Waals surface area contributed by atoms with Crippen molar-refractivity contribution >= 4 is 28.6 Å². The van der Waals surface area contributed by atoms with Crippen LogP contribution in [0.25, 0.3) is 11.2 Å². The SMILES string of the molecule is C[C@H](CNc1nc(Cl)nc2c1ncn2[C@@H]1O[C@H](CO)[C@@H](O)[C@H]1O)Oc1ccccc1. The van der Waals surface area contributed by atoms with Crippen molar-refractivity contribution in [1.82, 2.24) is 19.5 Å². The van der Waals surface area contributed by atoms with E-state index in [1.807, 2.05) is 37.3 Å². The Kier molecular flexibility index (Phi) is 6.02. The molecule has 0 unspecified atom stereocenters. The van der Waals surface area contributed by atoms with Gasteiger partial charge in [0.2, 0.25) is 5.28 Å². The molecule has 160 valence electrons. The lowest BCUT2D eigenvalue weighted by molar-refractivity contribution is -0.0511. The third kappa shape index (κ3) is 4.05. The number of benzene rings is 1. The van der Waals surface area contributed by atoms with Crippen molar-refractivity contribution in [3.8, 4) is 5.75 Å². The Morgan fingerprint density at radius 3 is 2.70 bits per heavy atom. The summed E-state index contributed by atoms with van der Waals surface area (Å²) in [5.74, 6) is 1.16. The maximum Gasteiger partial charge on any atom is 0.226 e. The number of halogens is 1. The first-order valence-electron chi connectivity index (χ1n) is 9.46. The van der Waals surface area contributed by atoms with Crippen molar-refractivity contribution in [1.29, 1.82) is 0 Å². The zero-order chi connectivity index (χ0) is 21.3. The Hall–Kier alpha value is -2.50. The highest BCUT2D eigenvalue weighted by Crippen LogP contribution is 2.32. The molecule has 4 rings (SSSR count). The predicted octanol–water partition coefficient (Wildman–Crippen LogP) is 0.971. The van der Waals surface area contributed by atoms with Gasteiger partial charge in [-0.2, -0.15) is 9.97 Å². The summed E-state index contributed by atoms with van der Waals surface area (Å²) in [5.41, 5.74) is 0.744. The summed E-state index contributed by atoms with van der Waals surface area (Å²) in [4.78, 5) is 12.7. The number of hydrogen-bond acceptors (Lipinski definition) is 9. The number of para-hydroxylation sites is 1. The van der Waals surface area contributed by atoms with Gasteiger partial charge in [0.25, 0.3) is 0 Å². The van der Waals surface area contributed by atoms with Gasteiger partial charge >= 0.3 is 0 Å². The van der Waals surface area contributed by atoms with E-state index in [9.17, 15) is 15.3 Å². The van der Waals surface area contributed by atoms with Crippen LogP contribution in [-0.2, 0) is 4.74 Å². The molecule has 1 aromatic carbocycles. The van der Waals surface area contributed by atoms with E-state index >= 15 is 0 Å². The normalized spacial score (nSPS) is 24.8. The minimum atomic E-state index is -1.26. The predicted molar refractivity (Wildman–Crippen MR) is 108 cm³/mol. The maximum absolute atomic E-state index is 10.3. The van der Waals surface area contributed by atoms with E-state index in [0.717, 1.165) is 5.75 Å². The third-order valence-electron chi connectivity index (χ3n) is 4.82. The Balaban J connectivity index is 1.54. The van der Waals surface area contributed by atoms with Crippen molar-refractivity contribution in [3.05, 3.63) is 41.9 Å². The summed E-state index contributed by atoms with van der Waals surface area (Å²) in [5, 5.41) is 32.8. The molecule has 1 fully saturated rings. The van der Waals surface area contributed by atoms with E-state index in [-0.39, 0.29) is 11.4 Å². The Bertz CT molecular complexity index is 1000. The van der Waals surface area contributed by atoms with Crippen LogP contribution in [0.1, 0.15) is 13.2 Å². The molecular weight excluding hydrogens is 414 g/mol. The summed E-state index contributed by atoms with van der Waals surface area (Å²) in [6, 6.07) is 9.46. The van der Waals surface area contributed by atoms with E-state index in [1.165, 1.54) is 10.9 Å². The second-order valence-electron chi connectivity index (χ2n) is 7.02. The smallest absolute Gasteiger partial charge is 0.226 e. The number of nitrogens with zero attached hydrogens (tertiary/aromatic N) is 4. The van der Waals surface area contributed by atoms with E-state index in [2.05, 4.69) is 20.3 Å². The fourth-order valence-electron chi connectivity index (χ4n) is 3.32. The van der Waals surface area contributed by atoms with Crippen molar-refractivity contribution in [2.75, 3.05) is 18.5 Å². The molecule has 30 heavy (non-hydrogen) atoms. The minimum absolute atomic E-state index is 0.0184. The molecule has 0 bridgehead atoms. The van der Waals surface area contributed by atoms with Crippen LogP contribution in [0.15, 0.2) is 36.7 Å². The van der Waals surface area contributed by atoms with Gasteiger partial charge < -0.3 is 30.1 Å². The van der Waals surface area contributed by atoms with E-state index < -0.39 is 31.1 Å². The quantitative estimate of drug-likeness (QED) is 0.400. The van der Waals surface area contributed by atoms with Crippen LogP contribution in [0.4, 0.5) is 5.82 Å². The number of hydrogen-bond donors (Lipinski definition) is 4. The Morgan fingerprint density at radius 2 is 2.00 bits per heavy atom. The largest absolute Gasteiger partial charge is 0.489 e. The zero-order valence-corrected chi connectivity index (χ0v) is 16.8. The van der Waals surface area contributed by atoms with E-state index in [0.29, 0.717) is 23.5 Å². The summed E-state index contributed by atoms with van der Waals surface area (Å²) in [7, 11) is 0. The molecule has 0 radical (unpaired) electrons. The van der Waals surface area contributed by atoms with Gasteiger partial charge in [-0.05, 0) is 30.7 Å². The number of rotatable bonds is 7. The molecule has 10 nitrogen and oxygen atoms in total. The third-order valence-corrected chi connectivity index (χ3v) is 4.99. The number of aliphatic hydroxyl groups excluding tert-OH is 3. The molecule has 0 aliphatic carbocycles. The number of aliphatic hydroxyl groups is 3. The highest BCUT2D eigenvalue weighted by atomic mass is 35.5. The lowest BCUT2D eigenvalue weighted by Crippen LogP contribution is -2.33. The van der Waals surface area contributed by atoms with Crippen LogP contribution in [-0.4, -0.2) is 72.4 Å². The topological polar surface area (TPSA) is 135 Å². The highest BCUT2D eigenvalue weighted by molar-refractivity contribution is 6.28. The molecular formula is C19H22ClN5O5. The van der Waals surface area contributed by atoms with Gasteiger partial charge in [-0.1, -0.05) is 18.2 Å². The molecule has 5 atom stereocenters. The second-order valence-corrected chi connectivity index (χ2v) is 7.35. The van der Waals surface area contributed by atoms with Crippen LogP contribution >= 0.6 is 11.6 Å². The average Bonchev–Trinajstić information content (AvgIpc) is 3.28. The molecule has 0 amide bonds. The van der Waals surface area contributed by atoms with Crippen molar-refractivity contribution in [2.24, 2.45) is 0 Å². The molecule has 11 heteroatoms. The number of imidazole rings is 1. The minimum Gasteiger partial charge on any atom is -0.489 e. The van der Waals surface area contributed by atoms with Crippen LogP contribution in [0.2, 0.25) is 5.28 Å². The van der Waals surface area contributed by atoms with Gasteiger partial charge in [0.15, 0.2) is 23.2 Å². The van der Waals surface area contributed by atoms with Gasteiger partial charge in [0, 0.05) is 0 Å². The number of aromatic nitrogens is 4. The molecule has 0 spiro atoms. The van der Waals surface area contributed by atoms with E-state index in [1.54, 1.807) is 0 Å². The fraction of sp³-hybridized carbons (Fsp3) is 0.421. The number of fused-ring (bicyclic) bond motifs is 1. The van der Waals surface area contributed by atoms with Gasteiger partial charge in [-0.25, -0.2) is 4.98 Å². The number of ether oxygens (including phenoxy) is 2. The van der Waals surface area contributed by atoms with Crippen molar-refractivity contribution in [2.45, 2.75) is 37.6 Å². The van der Waals surface area contributed by atoms with Crippen LogP contribution in [0, 0.1) is 0 Å². The standard InChI is InChI=1S/C19H22ClN5O5/c1-10(29-11-5-3-2-4-6-11)7-21-16-13-17(24-19(20)23-16)25(9-22-13)18-15(28)14(27)12(8-26)30-18/h2-6,9-10,12,14-15,18,26-28H,7-8H2,1H3,(H,21,23,24)/t10-,12-,14-,15-,18-/m1/s1. The maximum atomic E-state index is 10.3. The molecule has 3 aromatic rings. The lowest BCUT2D eigenvalue weighted by atomic mass is 10.1. The zero-order valence-electron chi connectivity index (χ0n) is 16.1. The van der Waals surface area contributed by atoms with Crippen LogP contribution in [0.5, 0.6) is 5.75 Å². The summed E-state index contributed by atoms with van der Waals surface area (Å²) < 4.78 is 12.9. The van der Waals surface area contributed by atoms with Crippen molar-refractivity contribution < 1.29 is 24.8 Å². The van der Waals surface area contributed by atoms with Gasteiger partial charge in [0.05, 0.1) is 19.5 Å². The first-order chi connectivity index (χ1) is 14.5. The highest BCUT2D eigenvalue weighted by Gasteiger charge is 2.44. The van der Waals surface area contributed by atoms with Crippen molar-refractivity contribution in [3.63, 3.8) is 0 Å². The Labute approximate surface area is 177 Å². The molecule has 1 aliphatic heterocycles.